The molecule has 254 valence electrons. The molecule has 2 heterocycles. The van der Waals surface area contributed by atoms with Crippen LogP contribution in [0.1, 0.15) is 26.7 Å². The topological polar surface area (TPSA) is 126 Å². The summed E-state index contributed by atoms with van der Waals surface area (Å²) in [5.74, 6) is -0.601. The van der Waals surface area contributed by atoms with E-state index in [1.54, 1.807) is 67.0 Å². The minimum Gasteiger partial charge on any atom is -0.436 e. The number of benzene rings is 5. The molecule has 52 heavy (non-hydrogen) atoms. The molecule has 0 bridgehead atoms. The third kappa shape index (κ3) is 8.32. The second-order valence-corrected chi connectivity index (χ2v) is 12.8. The first-order valence-electron chi connectivity index (χ1n) is 16.4. The summed E-state index contributed by atoms with van der Waals surface area (Å²) < 4.78 is 5.89. The highest BCUT2D eigenvalue weighted by atomic mass is 32.2. The molecule has 10 heteroatoms. The van der Waals surface area contributed by atoms with Crippen LogP contribution in [0.4, 0.5) is 11.4 Å². The molecule has 5 aromatic carbocycles. The van der Waals surface area contributed by atoms with Crippen LogP contribution in [0.15, 0.2) is 173 Å². The van der Waals surface area contributed by atoms with Crippen molar-refractivity contribution < 1.29 is 18.8 Å². The summed E-state index contributed by atoms with van der Waals surface area (Å²) in [5.41, 5.74) is 5.41. The molecule has 0 fully saturated rings. The van der Waals surface area contributed by atoms with Crippen LogP contribution in [-0.4, -0.2) is 27.7 Å². The second kappa shape index (κ2) is 15.8. The van der Waals surface area contributed by atoms with E-state index < -0.39 is 17.1 Å². The fourth-order valence-corrected chi connectivity index (χ4v) is 6.35. The summed E-state index contributed by atoms with van der Waals surface area (Å²) in [6, 6.07) is 43.9. The number of carbonyl (C=O) groups excluding carboxylic acids is 3. The van der Waals surface area contributed by atoms with Gasteiger partial charge in [-0.25, -0.2) is 4.98 Å². The number of hydrogen-bond acceptors (Lipinski definition) is 7. The summed E-state index contributed by atoms with van der Waals surface area (Å²) >= 11 is 1.39. The lowest BCUT2D eigenvalue weighted by atomic mass is 10.1. The molecular formula is C42H31N5O4S. The van der Waals surface area contributed by atoms with E-state index in [4.69, 9.17) is 4.42 Å². The van der Waals surface area contributed by atoms with E-state index in [1.807, 2.05) is 97.1 Å². The van der Waals surface area contributed by atoms with E-state index in [0.717, 1.165) is 21.5 Å². The number of anilines is 2. The molecule has 0 spiro atoms. The molecule has 0 saturated carbocycles. The van der Waals surface area contributed by atoms with Crippen LogP contribution < -0.4 is 16.0 Å². The number of fused-ring (bicyclic) bond motifs is 1. The third-order valence-corrected chi connectivity index (χ3v) is 9.19. The highest BCUT2D eigenvalue weighted by Crippen LogP contribution is 2.37. The minimum atomic E-state index is -0.569. The van der Waals surface area contributed by atoms with Gasteiger partial charge < -0.3 is 20.4 Å². The standard InChI is InChI=1S/C42H31N5O4S/c48-39(30-13-5-2-6-14-30)46-36(26-28-10-9-25-43-27-28)40(49)44-33-21-23-34(24-22-33)52-38(29-11-3-1-4-12-29)41(50)45-32-19-17-31(18-20-32)42-47-35-15-7-8-16-37(35)51-42/h1-27,38H,(H,44,49)(H,45,50)(H,46,48)/b36-26-. The highest BCUT2D eigenvalue weighted by molar-refractivity contribution is 8.00. The van der Waals surface area contributed by atoms with Gasteiger partial charge in [0.25, 0.3) is 11.8 Å². The van der Waals surface area contributed by atoms with Gasteiger partial charge in [0.2, 0.25) is 11.8 Å². The fraction of sp³-hybridized carbons (Fsp3) is 0.0238. The predicted octanol–water partition coefficient (Wildman–Crippen LogP) is 8.77. The van der Waals surface area contributed by atoms with Crippen molar-refractivity contribution in [3.63, 3.8) is 0 Å². The molecule has 3 amide bonds. The van der Waals surface area contributed by atoms with E-state index in [2.05, 4.69) is 25.9 Å². The Morgan fingerprint density at radius 3 is 2.08 bits per heavy atom. The molecule has 1 unspecified atom stereocenters. The smallest absolute Gasteiger partial charge is 0.272 e. The Balaban J connectivity index is 1.04. The zero-order valence-electron chi connectivity index (χ0n) is 27.6. The SMILES string of the molecule is O=C(Nc1ccc(SC(C(=O)Nc2ccc(-c3nc4ccccc4o3)cc2)c2ccccc2)cc1)/C(=C/c1cccnc1)NC(=O)c1ccccc1. The number of nitrogens with one attached hydrogen (secondary N) is 3. The number of pyridine rings is 1. The number of amides is 3. The number of hydrogen-bond donors (Lipinski definition) is 3. The molecule has 9 nitrogen and oxygen atoms in total. The summed E-state index contributed by atoms with van der Waals surface area (Å²) in [6.45, 7) is 0. The average molecular weight is 702 g/mol. The molecule has 1 atom stereocenters. The van der Waals surface area contributed by atoms with Gasteiger partial charge in [-0.3, -0.25) is 19.4 Å². The van der Waals surface area contributed by atoms with Crippen molar-refractivity contribution in [3.05, 3.63) is 180 Å². The van der Waals surface area contributed by atoms with E-state index in [9.17, 15) is 14.4 Å². The normalized spacial score (nSPS) is 11.8. The van der Waals surface area contributed by atoms with Gasteiger partial charge in [-0.2, -0.15) is 0 Å². The minimum absolute atomic E-state index is 0.0583. The van der Waals surface area contributed by atoms with E-state index in [1.165, 1.54) is 11.8 Å². The third-order valence-electron chi connectivity index (χ3n) is 7.92. The lowest BCUT2D eigenvalue weighted by molar-refractivity contribution is -0.116. The number of oxazole rings is 1. The van der Waals surface area contributed by atoms with Gasteiger partial charge in [-0.15, -0.1) is 11.8 Å². The Morgan fingerprint density at radius 1 is 0.692 bits per heavy atom. The average Bonchev–Trinajstić information content (AvgIpc) is 3.63. The summed E-state index contributed by atoms with van der Waals surface area (Å²) in [4.78, 5) is 49.6. The monoisotopic (exact) mass is 701 g/mol. The molecule has 0 radical (unpaired) electrons. The van der Waals surface area contributed by atoms with E-state index >= 15 is 0 Å². The maximum Gasteiger partial charge on any atom is 0.272 e. The van der Waals surface area contributed by atoms with Gasteiger partial charge in [-0.1, -0.05) is 66.7 Å². The van der Waals surface area contributed by atoms with Crippen LogP contribution in [0.3, 0.4) is 0 Å². The first-order valence-corrected chi connectivity index (χ1v) is 17.2. The zero-order chi connectivity index (χ0) is 35.7. The van der Waals surface area contributed by atoms with Crippen LogP contribution in [0.2, 0.25) is 0 Å². The number of para-hydroxylation sites is 2. The predicted molar refractivity (Wildman–Crippen MR) is 204 cm³/mol. The van der Waals surface area contributed by atoms with Crippen LogP contribution in [0, 0.1) is 0 Å². The van der Waals surface area contributed by atoms with E-state index in [-0.39, 0.29) is 11.6 Å². The Labute approximate surface area is 303 Å². The van der Waals surface area contributed by atoms with Crippen molar-refractivity contribution in [2.45, 2.75) is 10.1 Å². The van der Waals surface area contributed by atoms with Gasteiger partial charge in [0, 0.05) is 39.8 Å². The maximum absolute atomic E-state index is 13.8. The van der Waals surface area contributed by atoms with Crippen LogP contribution in [-0.2, 0) is 9.59 Å². The van der Waals surface area contributed by atoms with Gasteiger partial charge in [-0.05, 0) is 96.1 Å². The Morgan fingerprint density at radius 2 is 1.37 bits per heavy atom. The molecule has 2 aromatic heterocycles. The summed E-state index contributed by atoms with van der Waals surface area (Å²) in [6.07, 6.45) is 4.80. The van der Waals surface area contributed by atoms with Crippen molar-refractivity contribution in [2.24, 2.45) is 0 Å². The number of thioether (sulfide) groups is 1. The Hall–Kier alpha value is -6.78. The zero-order valence-corrected chi connectivity index (χ0v) is 28.4. The number of rotatable bonds is 11. The molecule has 0 aliphatic heterocycles. The van der Waals surface area contributed by atoms with Crippen LogP contribution in [0.5, 0.6) is 0 Å². The number of nitrogens with zero attached hydrogens (tertiary/aromatic N) is 2. The molecule has 7 rings (SSSR count). The van der Waals surface area contributed by atoms with Crippen molar-refractivity contribution in [2.75, 3.05) is 10.6 Å². The first kappa shape index (κ1) is 33.7. The number of carbonyl (C=O) groups is 3. The van der Waals surface area contributed by atoms with E-state index in [0.29, 0.717) is 34.0 Å². The van der Waals surface area contributed by atoms with Gasteiger partial charge in [0.1, 0.15) is 16.5 Å². The second-order valence-electron chi connectivity index (χ2n) is 11.6. The lowest BCUT2D eigenvalue weighted by Gasteiger charge is -2.18. The van der Waals surface area contributed by atoms with Gasteiger partial charge >= 0.3 is 0 Å². The quantitative estimate of drug-likeness (QED) is 0.0909. The van der Waals surface area contributed by atoms with Crippen LogP contribution >= 0.6 is 11.8 Å². The number of aromatic nitrogens is 2. The largest absolute Gasteiger partial charge is 0.436 e. The van der Waals surface area contributed by atoms with Crippen molar-refractivity contribution in [1.29, 1.82) is 0 Å². The fourth-order valence-electron chi connectivity index (χ4n) is 5.32. The molecule has 3 N–H and O–H groups in total. The van der Waals surface area contributed by atoms with Crippen molar-refractivity contribution in [3.8, 4) is 11.5 Å². The van der Waals surface area contributed by atoms with Gasteiger partial charge in [0.05, 0.1) is 0 Å². The van der Waals surface area contributed by atoms with Crippen LogP contribution in [0.25, 0.3) is 28.6 Å². The Bertz CT molecular complexity index is 2310. The maximum atomic E-state index is 13.8. The first-order chi connectivity index (χ1) is 25.5. The molecule has 0 aliphatic rings. The Kier molecular flexibility index (Phi) is 10.3. The molecular weight excluding hydrogens is 671 g/mol. The molecule has 0 aliphatic carbocycles. The summed E-state index contributed by atoms with van der Waals surface area (Å²) in [5, 5.41) is 8.08. The van der Waals surface area contributed by atoms with Gasteiger partial charge in [0.15, 0.2) is 5.58 Å². The molecule has 7 aromatic rings. The van der Waals surface area contributed by atoms with Crippen molar-refractivity contribution in [1.82, 2.24) is 15.3 Å². The lowest BCUT2D eigenvalue weighted by Crippen LogP contribution is -2.30. The summed E-state index contributed by atoms with van der Waals surface area (Å²) in [7, 11) is 0. The molecule has 0 saturated heterocycles. The van der Waals surface area contributed by atoms with Crippen molar-refractivity contribution >= 4 is 58.0 Å². The highest BCUT2D eigenvalue weighted by Gasteiger charge is 2.23.